The lowest BCUT2D eigenvalue weighted by Gasteiger charge is -2.39. The van der Waals surface area contributed by atoms with Gasteiger partial charge in [-0.25, -0.2) is 18.2 Å². The number of hydrogen-bond donors (Lipinski definition) is 1. The number of carbonyl (C=O) groups is 1. The number of amides is 1. The third-order valence-corrected chi connectivity index (χ3v) is 7.79. The molecule has 0 unspecified atom stereocenters. The van der Waals surface area contributed by atoms with Crippen LogP contribution in [0.1, 0.15) is 17.2 Å². The van der Waals surface area contributed by atoms with Gasteiger partial charge in [-0.1, -0.05) is 24.3 Å². The molecule has 5 rings (SSSR count). The van der Waals surface area contributed by atoms with Crippen molar-refractivity contribution in [3.8, 4) is 11.3 Å². The number of rotatable bonds is 6. The number of nitrogens with one attached hydrogen (secondary N) is 1. The van der Waals surface area contributed by atoms with E-state index in [4.69, 9.17) is 0 Å². The predicted octanol–water partition coefficient (Wildman–Crippen LogP) is 6.81. The Morgan fingerprint density at radius 2 is 1.32 bits per heavy atom. The Morgan fingerprint density at radius 1 is 0.811 bits per heavy atom. The standard InChI is InChI=1S/C27H23F3N4OS2/c28-21-7-1-18(2-8-21)24-17-36-26(31-24)32-37-27(35)34-15-13-33(14-16-34)25(19-3-9-22(29)10-4-19)20-5-11-23(30)12-6-20/h1-12,17,25H,13-16H2,(H,31,32). The van der Waals surface area contributed by atoms with Crippen LogP contribution in [0.25, 0.3) is 11.3 Å². The van der Waals surface area contributed by atoms with E-state index in [1.54, 1.807) is 41.3 Å². The minimum atomic E-state index is -0.313. The fourth-order valence-electron chi connectivity index (χ4n) is 4.29. The fourth-order valence-corrected chi connectivity index (χ4v) is 5.71. The average Bonchev–Trinajstić information content (AvgIpc) is 3.39. The quantitative estimate of drug-likeness (QED) is 0.272. The maximum atomic E-state index is 13.6. The van der Waals surface area contributed by atoms with Crippen molar-refractivity contribution in [3.05, 3.63) is 107 Å². The fraction of sp³-hybridized carbons (Fsp3) is 0.185. The molecule has 1 aliphatic rings. The molecular formula is C27H23F3N4OS2. The molecule has 190 valence electrons. The lowest BCUT2D eigenvalue weighted by atomic mass is 9.96. The number of nitrogens with zero attached hydrogens (tertiary/aromatic N) is 3. The number of hydrogen-bond acceptors (Lipinski definition) is 6. The van der Waals surface area contributed by atoms with Crippen molar-refractivity contribution in [2.75, 3.05) is 30.9 Å². The molecular weight excluding hydrogens is 517 g/mol. The molecule has 1 aromatic heterocycles. The largest absolute Gasteiger partial charge is 0.330 e. The highest BCUT2D eigenvalue weighted by molar-refractivity contribution is 8.14. The van der Waals surface area contributed by atoms with Gasteiger partial charge in [0.1, 0.15) is 17.5 Å². The van der Waals surface area contributed by atoms with Gasteiger partial charge in [-0.2, -0.15) is 0 Å². The number of piperazine rings is 1. The van der Waals surface area contributed by atoms with Crippen LogP contribution in [-0.4, -0.2) is 46.2 Å². The maximum absolute atomic E-state index is 13.6. The Bertz CT molecular complexity index is 1290. The number of aromatic nitrogens is 1. The van der Waals surface area contributed by atoms with Gasteiger partial charge in [0.2, 0.25) is 0 Å². The van der Waals surface area contributed by atoms with Crippen LogP contribution in [0.4, 0.5) is 23.1 Å². The number of anilines is 1. The highest BCUT2D eigenvalue weighted by Gasteiger charge is 2.28. The van der Waals surface area contributed by atoms with Gasteiger partial charge in [-0.3, -0.25) is 14.4 Å². The normalized spacial score (nSPS) is 14.2. The van der Waals surface area contributed by atoms with E-state index in [0.29, 0.717) is 37.0 Å². The van der Waals surface area contributed by atoms with Gasteiger partial charge in [-0.15, -0.1) is 11.3 Å². The molecule has 3 aromatic carbocycles. The summed E-state index contributed by atoms with van der Waals surface area (Å²) in [6.45, 7) is 2.26. The van der Waals surface area contributed by atoms with E-state index >= 15 is 0 Å². The Balaban J connectivity index is 1.20. The lowest BCUT2D eigenvalue weighted by Crippen LogP contribution is -2.49. The van der Waals surface area contributed by atoms with Crippen molar-refractivity contribution in [1.82, 2.24) is 14.8 Å². The Labute approximate surface area is 221 Å². The first-order valence-electron chi connectivity index (χ1n) is 11.6. The molecule has 0 aliphatic carbocycles. The van der Waals surface area contributed by atoms with Crippen LogP contribution in [0.5, 0.6) is 0 Å². The molecule has 0 radical (unpaired) electrons. The van der Waals surface area contributed by atoms with E-state index in [0.717, 1.165) is 28.6 Å². The first kappa shape index (κ1) is 25.3. The Kier molecular flexibility index (Phi) is 7.78. The molecule has 2 heterocycles. The first-order chi connectivity index (χ1) is 18.0. The van der Waals surface area contributed by atoms with Gasteiger partial charge in [0.05, 0.1) is 11.7 Å². The molecule has 10 heteroatoms. The summed E-state index contributed by atoms with van der Waals surface area (Å²) in [6.07, 6.45) is 0. The van der Waals surface area contributed by atoms with E-state index in [1.165, 1.54) is 47.7 Å². The zero-order valence-corrected chi connectivity index (χ0v) is 21.2. The summed E-state index contributed by atoms with van der Waals surface area (Å²) in [6, 6.07) is 18.6. The topological polar surface area (TPSA) is 48.5 Å². The van der Waals surface area contributed by atoms with E-state index < -0.39 is 0 Å². The minimum Gasteiger partial charge on any atom is -0.330 e. The summed E-state index contributed by atoms with van der Waals surface area (Å²) in [5.74, 6) is -0.932. The summed E-state index contributed by atoms with van der Waals surface area (Å²) in [4.78, 5) is 21.3. The molecule has 1 amide bonds. The zero-order chi connectivity index (χ0) is 25.8. The van der Waals surface area contributed by atoms with Crippen molar-refractivity contribution >= 4 is 33.7 Å². The molecule has 0 saturated carbocycles. The van der Waals surface area contributed by atoms with Gasteiger partial charge in [0.25, 0.3) is 0 Å². The number of carbonyl (C=O) groups excluding carboxylic acids is 1. The Hall–Kier alpha value is -3.34. The van der Waals surface area contributed by atoms with Crippen LogP contribution in [0.3, 0.4) is 0 Å². The van der Waals surface area contributed by atoms with E-state index in [2.05, 4.69) is 14.6 Å². The zero-order valence-electron chi connectivity index (χ0n) is 19.6. The van der Waals surface area contributed by atoms with Crippen molar-refractivity contribution in [2.24, 2.45) is 0 Å². The number of benzene rings is 3. The number of halogens is 3. The van der Waals surface area contributed by atoms with Gasteiger partial charge in [-0.05, 0) is 59.7 Å². The predicted molar refractivity (Wildman–Crippen MR) is 142 cm³/mol. The second-order valence-electron chi connectivity index (χ2n) is 8.54. The molecule has 37 heavy (non-hydrogen) atoms. The summed E-state index contributed by atoms with van der Waals surface area (Å²) in [5, 5.41) is 2.33. The Morgan fingerprint density at radius 3 is 1.86 bits per heavy atom. The molecule has 0 spiro atoms. The molecule has 1 aliphatic heterocycles. The van der Waals surface area contributed by atoms with Crippen LogP contribution in [0.15, 0.2) is 78.2 Å². The average molecular weight is 541 g/mol. The minimum absolute atomic E-state index is 0.113. The van der Waals surface area contributed by atoms with Crippen molar-refractivity contribution in [1.29, 1.82) is 0 Å². The summed E-state index contributed by atoms with van der Waals surface area (Å²) >= 11 is 2.35. The van der Waals surface area contributed by atoms with E-state index in [9.17, 15) is 18.0 Å². The van der Waals surface area contributed by atoms with Crippen LogP contribution in [0, 0.1) is 17.5 Å². The molecule has 1 N–H and O–H groups in total. The lowest BCUT2D eigenvalue weighted by molar-refractivity contribution is 0.131. The van der Waals surface area contributed by atoms with Crippen molar-refractivity contribution < 1.29 is 18.0 Å². The summed E-state index contributed by atoms with van der Waals surface area (Å²) < 4.78 is 43.3. The number of thiazole rings is 1. The van der Waals surface area contributed by atoms with Crippen LogP contribution in [-0.2, 0) is 0 Å². The van der Waals surface area contributed by atoms with Gasteiger partial charge in [0, 0.05) is 49.1 Å². The third kappa shape index (κ3) is 6.15. The van der Waals surface area contributed by atoms with Crippen LogP contribution >= 0.6 is 23.3 Å². The van der Waals surface area contributed by atoms with Gasteiger partial charge < -0.3 is 4.90 Å². The second kappa shape index (κ2) is 11.4. The maximum Gasteiger partial charge on any atom is 0.302 e. The smallest absolute Gasteiger partial charge is 0.302 e. The summed E-state index contributed by atoms with van der Waals surface area (Å²) in [7, 11) is 0. The highest BCUT2D eigenvalue weighted by Crippen LogP contribution is 2.31. The van der Waals surface area contributed by atoms with Crippen LogP contribution < -0.4 is 4.72 Å². The summed E-state index contributed by atoms with van der Waals surface area (Å²) in [5.41, 5.74) is 3.32. The second-order valence-corrected chi connectivity index (χ2v) is 10.2. The molecule has 5 nitrogen and oxygen atoms in total. The van der Waals surface area contributed by atoms with Crippen LogP contribution in [0.2, 0.25) is 0 Å². The third-order valence-electron chi connectivity index (χ3n) is 6.18. The van der Waals surface area contributed by atoms with Gasteiger partial charge in [0.15, 0.2) is 5.13 Å². The van der Waals surface area contributed by atoms with Gasteiger partial charge >= 0.3 is 5.24 Å². The molecule has 0 atom stereocenters. The van der Waals surface area contributed by atoms with E-state index in [1.807, 2.05) is 5.38 Å². The molecule has 4 aromatic rings. The molecule has 1 saturated heterocycles. The molecule has 1 fully saturated rings. The van der Waals surface area contributed by atoms with Crippen molar-refractivity contribution in [2.45, 2.75) is 6.04 Å². The highest BCUT2D eigenvalue weighted by atomic mass is 32.2. The first-order valence-corrected chi connectivity index (χ1v) is 13.3. The monoisotopic (exact) mass is 540 g/mol. The molecule has 0 bridgehead atoms. The van der Waals surface area contributed by atoms with E-state index in [-0.39, 0.29) is 28.7 Å². The SMILES string of the molecule is O=C(SNc1nc(-c2ccc(F)cc2)cs1)N1CCN(C(c2ccc(F)cc2)c2ccc(F)cc2)CC1. The van der Waals surface area contributed by atoms with Crippen molar-refractivity contribution in [3.63, 3.8) is 0 Å².